The van der Waals surface area contributed by atoms with Crippen LogP contribution in [0.4, 0.5) is 0 Å². The summed E-state index contributed by atoms with van der Waals surface area (Å²) in [5.74, 6) is 0.763. The number of aromatic nitrogens is 2. The number of rotatable bonds is 3. The van der Waals surface area contributed by atoms with Gasteiger partial charge < -0.3 is 15.0 Å². The highest BCUT2D eigenvalue weighted by Crippen LogP contribution is 2.20. The van der Waals surface area contributed by atoms with E-state index in [9.17, 15) is 4.79 Å². The van der Waals surface area contributed by atoms with E-state index in [1.807, 2.05) is 28.0 Å². The summed E-state index contributed by atoms with van der Waals surface area (Å²) < 4.78 is 7.52. The number of nitrogens with one attached hydrogen (secondary N) is 1. The number of hydrogen-bond donors (Lipinski definition) is 1. The summed E-state index contributed by atoms with van der Waals surface area (Å²) in [4.78, 5) is 14.3. The van der Waals surface area contributed by atoms with Gasteiger partial charge in [-0.1, -0.05) is 0 Å². The van der Waals surface area contributed by atoms with Crippen molar-refractivity contribution in [1.82, 2.24) is 20.0 Å². The fourth-order valence-electron chi connectivity index (χ4n) is 2.94. The van der Waals surface area contributed by atoms with E-state index < -0.39 is 0 Å². The second-order valence-corrected chi connectivity index (χ2v) is 5.56. The lowest BCUT2D eigenvalue weighted by molar-refractivity contribution is -0.146. The maximum atomic E-state index is 12.3. The molecule has 0 spiro atoms. The molecule has 1 atom stereocenters. The molecule has 3 rings (SSSR count). The van der Waals surface area contributed by atoms with Crippen LogP contribution in [0, 0.1) is 5.92 Å². The first-order chi connectivity index (χ1) is 9.83. The Morgan fingerprint density at radius 3 is 2.68 bits per heavy atom. The molecule has 8 heteroatoms. The lowest BCUT2D eigenvalue weighted by atomic mass is 9.96. The van der Waals surface area contributed by atoms with Crippen LogP contribution >= 0.6 is 24.8 Å². The minimum atomic E-state index is -0.286. The lowest BCUT2D eigenvalue weighted by Gasteiger charge is -2.35. The largest absolute Gasteiger partial charge is 0.366 e. The summed E-state index contributed by atoms with van der Waals surface area (Å²) in [5.41, 5.74) is 0. The van der Waals surface area contributed by atoms with Crippen LogP contribution in [-0.4, -0.2) is 59.5 Å². The molecule has 3 heterocycles. The fraction of sp³-hybridized carbons (Fsp3) is 0.714. The van der Waals surface area contributed by atoms with Crippen LogP contribution in [0.2, 0.25) is 0 Å². The van der Waals surface area contributed by atoms with Gasteiger partial charge >= 0.3 is 0 Å². The van der Waals surface area contributed by atoms with Crippen molar-refractivity contribution in [2.45, 2.75) is 25.5 Å². The maximum Gasteiger partial charge on any atom is 0.253 e. The molecule has 1 N–H and O–H groups in total. The number of morpholine rings is 1. The number of piperidine rings is 1. The quantitative estimate of drug-likeness (QED) is 0.881. The SMILES string of the molecule is Cl.Cl.O=C(C1CNCCO1)N1CCC(Cn2cccn2)CC1. The van der Waals surface area contributed by atoms with Gasteiger partial charge in [-0.2, -0.15) is 5.10 Å². The Morgan fingerprint density at radius 1 is 1.32 bits per heavy atom. The summed E-state index contributed by atoms with van der Waals surface area (Å²) in [6, 6.07) is 1.95. The number of nitrogens with zero attached hydrogens (tertiary/aromatic N) is 3. The molecular formula is C14H24Cl2N4O2. The number of carbonyl (C=O) groups excluding carboxylic acids is 1. The van der Waals surface area contributed by atoms with E-state index in [1.165, 1.54) is 0 Å². The highest BCUT2D eigenvalue weighted by atomic mass is 35.5. The van der Waals surface area contributed by atoms with E-state index in [2.05, 4.69) is 10.4 Å². The lowest BCUT2D eigenvalue weighted by Crippen LogP contribution is -2.51. The van der Waals surface area contributed by atoms with Crippen molar-refractivity contribution in [2.24, 2.45) is 5.92 Å². The topological polar surface area (TPSA) is 59.4 Å². The number of halogens is 2. The maximum absolute atomic E-state index is 12.3. The summed E-state index contributed by atoms with van der Waals surface area (Å²) in [6.45, 7) is 4.75. The van der Waals surface area contributed by atoms with Gasteiger partial charge in [-0.25, -0.2) is 0 Å². The van der Waals surface area contributed by atoms with Crippen molar-refractivity contribution in [2.75, 3.05) is 32.8 Å². The third-order valence-electron chi connectivity index (χ3n) is 4.13. The van der Waals surface area contributed by atoms with Crippen molar-refractivity contribution in [1.29, 1.82) is 0 Å². The highest BCUT2D eigenvalue weighted by Gasteiger charge is 2.29. The molecule has 0 radical (unpaired) electrons. The molecule has 0 saturated carbocycles. The molecule has 2 fully saturated rings. The van der Waals surface area contributed by atoms with Gasteiger partial charge in [0, 0.05) is 45.1 Å². The normalized spacial score (nSPS) is 22.5. The molecule has 1 unspecified atom stereocenters. The van der Waals surface area contributed by atoms with Crippen molar-refractivity contribution in [3.05, 3.63) is 18.5 Å². The van der Waals surface area contributed by atoms with E-state index in [4.69, 9.17) is 4.74 Å². The van der Waals surface area contributed by atoms with E-state index in [-0.39, 0.29) is 36.8 Å². The molecule has 2 saturated heterocycles. The molecular weight excluding hydrogens is 327 g/mol. The number of amides is 1. The molecule has 6 nitrogen and oxygen atoms in total. The van der Waals surface area contributed by atoms with E-state index in [1.54, 1.807) is 0 Å². The van der Waals surface area contributed by atoms with Gasteiger partial charge in [0.2, 0.25) is 0 Å². The van der Waals surface area contributed by atoms with Crippen LogP contribution < -0.4 is 5.32 Å². The summed E-state index contributed by atoms with van der Waals surface area (Å²) in [5, 5.41) is 7.45. The number of ether oxygens (including phenoxy) is 1. The van der Waals surface area contributed by atoms with Crippen molar-refractivity contribution in [3.8, 4) is 0 Å². The van der Waals surface area contributed by atoms with Gasteiger partial charge in [0.05, 0.1) is 6.61 Å². The van der Waals surface area contributed by atoms with Crippen molar-refractivity contribution >= 4 is 30.7 Å². The molecule has 2 aliphatic heterocycles. The molecule has 0 aliphatic carbocycles. The second-order valence-electron chi connectivity index (χ2n) is 5.56. The molecule has 0 aromatic carbocycles. The van der Waals surface area contributed by atoms with Gasteiger partial charge in [0.25, 0.3) is 5.91 Å². The third kappa shape index (κ3) is 4.84. The van der Waals surface area contributed by atoms with Crippen LogP contribution in [-0.2, 0) is 16.1 Å². The number of carbonyl (C=O) groups is 1. The zero-order valence-electron chi connectivity index (χ0n) is 12.5. The molecule has 1 aromatic heterocycles. The monoisotopic (exact) mass is 350 g/mol. The number of hydrogen-bond acceptors (Lipinski definition) is 4. The summed E-state index contributed by atoms with van der Waals surface area (Å²) in [7, 11) is 0. The summed E-state index contributed by atoms with van der Waals surface area (Å²) in [6.07, 6.45) is 5.62. The smallest absolute Gasteiger partial charge is 0.253 e. The first kappa shape index (κ1) is 19.2. The predicted molar refractivity (Wildman–Crippen MR) is 88.6 cm³/mol. The molecule has 0 bridgehead atoms. The van der Waals surface area contributed by atoms with Crippen molar-refractivity contribution < 1.29 is 9.53 Å². The van der Waals surface area contributed by atoms with Gasteiger partial charge in [0.1, 0.15) is 6.10 Å². The van der Waals surface area contributed by atoms with Gasteiger partial charge in [0.15, 0.2) is 0 Å². The zero-order chi connectivity index (χ0) is 13.8. The average Bonchev–Trinajstić information content (AvgIpc) is 3.01. The third-order valence-corrected chi connectivity index (χ3v) is 4.13. The number of likely N-dealkylation sites (tertiary alicyclic amines) is 1. The van der Waals surface area contributed by atoms with Crippen LogP contribution in [0.25, 0.3) is 0 Å². The van der Waals surface area contributed by atoms with Crippen LogP contribution in [0.1, 0.15) is 12.8 Å². The van der Waals surface area contributed by atoms with Crippen LogP contribution in [0.3, 0.4) is 0 Å². The first-order valence-electron chi connectivity index (χ1n) is 7.41. The Hall–Kier alpha value is -0.820. The van der Waals surface area contributed by atoms with Gasteiger partial charge in [-0.3, -0.25) is 9.48 Å². The molecule has 1 amide bonds. The Bertz CT molecular complexity index is 430. The Labute approximate surface area is 143 Å². The second kappa shape index (κ2) is 9.35. The highest BCUT2D eigenvalue weighted by molar-refractivity contribution is 5.85. The minimum Gasteiger partial charge on any atom is -0.366 e. The van der Waals surface area contributed by atoms with Gasteiger partial charge in [-0.15, -0.1) is 24.8 Å². The van der Waals surface area contributed by atoms with Crippen LogP contribution in [0.15, 0.2) is 18.5 Å². The van der Waals surface area contributed by atoms with Crippen molar-refractivity contribution in [3.63, 3.8) is 0 Å². The van der Waals surface area contributed by atoms with E-state index in [0.29, 0.717) is 19.1 Å². The first-order valence-corrected chi connectivity index (χ1v) is 7.41. The van der Waals surface area contributed by atoms with E-state index in [0.717, 1.165) is 39.0 Å². The minimum absolute atomic E-state index is 0. The summed E-state index contributed by atoms with van der Waals surface area (Å²) >= 11 is 0. The Balaban J connectivity index is 0.00000121. The standard InChI is InChI=1S/C14H22N4O2.2ClH/c19-14(13-10-15-5-9-20-13)17-7-2-12(3-8-17)11-18-6-1-4-16-18;;/h1,4,6,12-13,15H,2-3,5,7-11H2;2*1H. The molecule has 1 aromatic rings. The fourth-order valence-corrected chi connectivity index (χ4v) is 2.94. The average molecular weight is 351 g/mol. The molecule has 2 aliphatic rings. The predicted octanol–water partition coefficient (Wildman–Crippen LogP) is 0.954. The van der Waals surface area contributed by atoms with Crippen LogP contribution in [0.5, 0.6) is 0 Å². The zero-order valence-corrected chi connectivity index (χ0v) is 14.2. The molecule has 22 heavy (non-hydrogen) atoms. The van der Waals surface area contributed by atoms with E-state index >= 15 is 0 Å². The Morgan fingerprint density at radius 2 is 2.09 bits per heavy atom. The van der Waals surface area contributed by atoms with Gasteiger partial charge in [-0.05, 0) is 24.8 Å². The Kier molecular flexibility index (Phi) is 8.17. The molecule has 126 valence electrons.